The van der Waals surface area contributed by atoms with Gasteiger partial charge in [-0.1, -0.05) is 28.9 Å². The van der Waals surface area contributed by atoms with Crippen LogP contribution < -0.4 is 5.73 Å². The zero-order valence-electron chi connectivity index (χ0n) is 9.75. The largest absolute Gasteiger partial charge is 0.397 e. The number of hydrogen-bond donors (Lipinski definition) is 1. The van der Waals surface area contributed by atoms with Crippen molar-refractivity contribution in [2.24, 2.45) is 0 Å². The van der Waals surface area contributed by atoms with Crippen LogP contribution in [0.15, 0.2) is 47.2 Å². The Morgan fingerprint density at radius 3 is 2.79 bits per heavy atom. The fourth-order valence-corrected chi connectivity index (χ4v) is 1.89. The number of nitrogens with two attached hydrogens (primary N) is 1. The van der Waals surface area contributed by atoms with Crippen LogP contribution in [0.4, 0.5) is 5.69 Å². The van der Waals surface area contributed by atoms with Gasteiger partial charge in [0.2, 0.25) is 5.82 Å². The molecular formula is C13H9ClN4O. The second-order valence-corrected chi connectivity index (χ2v) is 4.32. The molecule has 0 aliphatic heterocycles. The van der Waals surface area contributed by atoms with Gasteiger partial charge in [-0.25, -0.2) is 0 Å². The highest BCUT2D eigenvalue weighted by Crippen LogP contribution is 2.27. The molecule has 0 aliphatic carbocycles. The molecule has 6 heteroatoms. The fourth-order valence-electron chi connectivity index (χ4n) is 1.67. The van der Waals surface area contributed by atoms with Gasteiger partial charge in [-0.2, -0.15) is 4.98 Å². The molecule has 0 saturated carbocycles. The van der Waals surface area contributed by atoms with Gasteiger partial charge in [0, 0.05) is 18.0 Å². The fraction of sp³-hybridized carbons (Fsp3) is 0. The number of anilines is 1. The SMILES string of the molecule is Nc1cncc(-c2nc(-c3ccccc3Cl)no2)c1. The lowest BCUT2D eigenvalue weighted by atomic mass is 10.2. The molecule has 0 unspecified atom stereocenters. The Morgan fingerprint density at radius 1 is 1.16 bits per heavy atom. The highest BCUT2D eigenvalue weighted by atomic mass is 35.5. The van der Waals surface area contributed by atoms with Crippen molar-refractivity contribution in [3.8, 4) is 22.8 Å². The summed E-state index contributed by atoms with van der Waals surface area (Å²) in [6, 6.07) is 9.02. The molecule has 0 amide bonds. The molecule has 3 aromatic rings. The van der Waals surface area contributed by atoms with E-state index >= 15 is 0 Å². The summed E-state index contributed by atoms with van der Waals surface area (Å²) in [5.41, 5.74) is 7.59. The number of aromatic nitrogens is 3. The lowest BCUT2D eigenvalue weighted by Crippen LogP contribution is -1.88. The van der Waals surface area contributed by atoms with Crippen molar-refractivity contribution in [3.63, 3.8) is 0 Å². The van der Waals surface area contributed by atoms with Crippen molar-refractivity contribution in [3.05, 3.63) is 47.7 Å². The highest BCUT2D eigenvalue weighted by molar-refractivity contribution is 6.33. The van der Waals surface area contributed by atoms with Crippen molar-refractivity contribution in [2.45, 2.75) is 0 Å². The van der Waals surface area contributed by atoms with E-state index < -0.39 is 0 Å². The maximum Gasteiger partial charge on any atom is 0.259 e. The summed E-state index contributed by atoms with van der Waals surface area (Å²) in [6.45, 7) is 0. The van der Waals surface area contributed by atoms with Gasteiger partial charge in [0.15, 0.2) is 0 Å². The summed E-state index contributed by atoms with van der Waals surface area (Å²) < 4.78 is 5.20. The number of nitrogen functional groups attached to an aromatic ring is 1. The molecule has 2 N–H and O–H groups in total. The smallest absolute Gasteiger partial charge is 0.259 e. The minimum absolute atomic E-state index is 0.356. The zero-order chi connectivity index (χ0) is 13.2. The molecule has 0 spiro atoms. The Bertz CT molecular complexity index is 726. The summed E-state index contributed by atoms with van der Waals surface area (Å²) in [7, 11) is 0. The summed E-state index contributed by atoms with van der Waals surface area (Å²) >= 11 is 6.09. The Labute approximate surface area is 114 Å². The van der Waals surface area contributed by atoms with Crippen LogP contribution in [0, 0.1) is 0 Å². The predicted molar refractivity (Wildman–Crippen MR) is 72.4 cm³/mol. The molecule has 94 valence electrons. The molecule has 0 fully saturated rings. The van der Waals surface area contributed by atoms with Crippen molar-refractivity contribution in [1.82, 2.24) is 15.1 Å². The Hall–Kier alpha value is -2.40. The van der Waals surface area contributed by atoms with Gasteiger partial charge in [-0.05, 0) is 18.2 Å². The van der Waals surface area contributed by atoms with E-state index in [-0.39, 0.29) is 0 Å². The molecule has 0 saturated heterocycles. The lowest BCUT2D eigenvalue weighted by molar-refractivity contribution is 0.432. The maximum absolute atomic E-state index is 6.09. The van der Waals surface area contributed by atoms with Crippen molar-refractivity contribution >= 4 is 17.3 Å². The van der Waals surface area contributed by atoms with E-state index in [1.54, 1.807) is 24.5 Å². The predicted octanol–water partition coefficient (Wildman–Crippen LogP) is 3.03. The Kier molecular flexibility index (Phi) is 2.89. The molecule has 19 heavy (non-hydrogen) atoms. The van der Waals surface area contributed by atoms with Crippen LogP contribution in [0.2, 0.25) is 5.02 Å². The van der Waals surface area contributed by atoms with Gasteiger partial charge in [-0.15, -0.1) is 0 Å². The van der Waals surface area contributed by atoms with Crippen molar-refractivity contribution in [2.75, 3.05) is 5.73 Å². The first kappa shape index (κ1) is 11.7. The minimum atomic E-state index is 0.356. The minimum Gasteiger partial charge on any atom is -0.397 e. The number of halogens is 1. The third kappa shape index (κ3) is 2.28. The molecular weight excluding hydrogens is 264 g/mol. The van der Waals surface area contributed by atoms with Crippen LogP contribution in [-0.4, -0.2) is 15.1 Å². The van der Waals surface area contributed by atoms with Crippen LogP contribution in [-0.2, 0) is 0 Å². The average molecular weight is 273 g/mol. The Balaban J connectivity index is 2.03. The van der Waals surface area contributed by atoms with Gasteiger partial charge in [0.05, 0.1) is 16.3 Å². The average Bonchev–Trinajstić information content (AvgIpc) is 2.89. The first-order valence-electron chi connectivity index (χ1n) is 5.53. The van der Waals surface area contributed by atoms with Gasteiger partial charge in [0.1, 0.15) is 0 Å². The summed E-state index contributed by atoms with van der Waals surface area (Å²) in [4.78, 5) is 8.28. The summed E-state index contributed by atoms with van der Waals surface area (Å²) in [5, 5.41) is 4.48. The highest BCUT2D eigenvalue weighted by Gasteiger charge is 2.13. The number of rotatable bonds is 2. The maximum atomic E-state index is 6.09. The van der Waals surface area contributed by atoms with E-state index in [0.29, 0.717) is 28.0 Å². The van der Waals surface area contributed by atoms with Crippen LogP contribution in [0.5, 0.6) is 0 Å². The first-order chi connectivity index (χ1) is 9.24. The van der Waals surface area contributed by atoms with Gasteiger partial charge in [0.25, 0.3) is 5.89 Å². The second-order valence-electron chi connectivity index (χ2n) is 3.91. The number of benzene rings is 1. The number of hydrogen-bond acceptors (Lipinski definition) is 5. The molecule has 0 bridgehead atoms. The van der Waals surface area contributed by atoms with Crippen LogP contribution in [0.25, 0.3) is 22.8 Å². The van der Waals surface area contributed by atoms with E-state index in [2.05, 4.69) is 15.1 Å². The van der Waals surface area contributed by atoms with Gasteiger partial charge < -0.3 is 10.3 Å². The molecule has 5 nitrogen and oxygen atoms in total. The normalized spacial score (nSPS) is 10.6. The van der Waals surface area contributed by atoms with E-state index in [1.807, 2.05) is 18.2 Å². The van der Waals surface area contributed by atoms with Gasteiger partial charge in [-0.3, -0.25) is 4.98 Å². The van der Waals surface area contributed by atoms with Crippen LogP contribution in [0.1, 0.15) is 0 Å². The van der Waals surface area contributed by atoms with E-state index in [0.717, 1.165) is 5.56 Å². The molecule has 0 atom stereocenters. The molecule has 1 aromatic carbocycles. The Morgan fingerprint density at radius 2 is 2.00 bits per heavy atom. The number of nitrogens with zero attached hydrogens (tertiary/aromatic N) is 3. The lowest BCUT2D eigenvalue weighted by Gasteiger charge is -1.96. The zero-order valence-corrected chi connectivity index (χ0v) is 10.5. The van der Waals surface area contributed by atoms with Crippen molar-refractivity contribution < 1.29 is 4.52 Å². The first-order valence-corrected chi connectivity index (χ1v) is 5.91. The quantitative estimate of drug-likeness (QED) is 0.776. The summed E-state index contributed by atoms with van der Waals surface area (Å²) in [6.07, 6.45) is 3.16. The molecule has 3 rings (SSSR count). The third-order valence-corrected chi connectivity index (χ3v) is 2.88. The second kappa shape index (κ2) is 4.70. The standard InChI is InChI=1S/C13H9ClN4O/c14-11-4-2-1-3-10(11)12-17-13(19-18-12)8-5-9(15)7-16-6-8/h1-7H,15H2. The van der Waals surface area contributed by atoms with E-state index in [1.165, 1.54) is 0 Å². The molecule has 0 aliphatic rings. The van der Waals surface area contributed by atoms with Crippen LogP contribution >= 0.6 is 11.6 Å². The monoisotopic (exact) mass is 272 g/mol. The number of pyridine rings is 1. The van der Waals surface area contributed by atoms with Crippen LogP contribution in [0.3, 0.4) is 0 Å². The summed E-state index contributed by atoms with van der Waals surface area (Å²) in [5.74, 6) is 0.790. The molecule has 2 heterocycles. The topological polar surface area (TPSA) is 77.8 Å². The van der Waals surface area contributed by atoms with E-state index in [4.69, 9.17) is 21.9 Å². The van der Waals surface area contributed by atoms with Gasteiger partial charge >= 0.3 is 0 Å². The molecule has 0 radical (unpaired) electrons. The molecule has 2 aromatic heterocycles. The third-order valence-electron chi connectivity index (χ3n) is 2.55. The van der Waals surface area contributed by atoms with E-state index in [9.17, 15) is 0 Å². The van der Waals surface area contributed by atoms with Crippen molar-refractivity contribution in [1.29, 1.82) is 0 Å².